The molecule has 19 heavy (non-hydrogen) atoms. The number of anilines is 1. The third-order valence-electron chi connectivity index (χ3n) is 3.55. The van der Waals surface area contributed by atoms with E-state index in [1.165, 1.54) is 29.3 Å². The molecule has 98 valence electrons. The smallest absolute Gasteiger partial charge is 0.126 e. The maximum absolute atomic E-state index is 13.8. The SMILES string of the molecule is Fc1ccc(Br)cc1Cc1cccc2c1NCCC2. The molecule has 0 aromatic heterocycles. The maximum Gasteiger partial charge on any atom is 0.126 e. The molecule has 0 fully saturated rings. The summed E-state index contributed by atoms with van der Waals surface area (Å²) in [6, 6.07) is 11.4. The molecule has 0 atom stereocenters. The predicted molar refractivity (Wildman–Crippen MR) is 80.2 cm³/mol. The Hall–Kier alpha value is -1.35. The summed E-state index contributed by atoms with van der Waals surface area (Å²) in [6.45, 7) is 1.00. The highest BCUT2D eigenvalue weighted by molar-refractivity contribution is 9.10. The Morgan fingerprint density at radius 3 is 2.95 bits per heavy atom. The Balaban J connectivity index is 1.97. The molecule has 3 rings (SSSR count). The highest BCUT2D eigenvalue weighted by Gasteiger charge is 2.13. The van der Waals surface area contributed by atoms with Crippen LogP contribution in [0.3, 0.4) is 0 Å². The minimum Gasteiger partial charge on any atom is -0.385 e. The average molecular weight is 320 g/mol. The van der Waals surface area contributed by atoms with E-state index in [2.05, 4.69) is 39.4 Å². The molecule has 1 N–H and O–H groups in total. The Morgan fingerprint density at radius 1 is 1.16 bits per heavy atom. The second kappa shape index (κ2) is 5.33. The van der Waals surface area contributed by atoms with Gasteiger partial charge < -0.3 is 5.32 Å². The number of nitrogens with one attached hydrogen (secondary N) is 1. The zero-order valence-corrected chi connectivity index (χ0v) is 12.1. The number of halogens is 2. The molecule has 1 aliphatic heterocycles. The number of hydrogen-bond donors (Lipinski definition) is 1. The number of benzene rings is 2. The second-order valence-electron chi connectivity index (χ2n) is 4.89. The Morgan fingerprint density at radius 2 is 2.05 bits per heavy atom. The van der Waals surface area contributed by atoms with E-state index < -0.39 is 0 Å². The van der Waals surface area contributed by atoms with Gasteiger partial charge in [-0.1, -0.05) is 34.1 Å². The lowest BCUT2D eigenvalue weighted by Gasteiger charge is -2.21. The van der Waals surface area contributed by atoms with Crippen molar-refractivity contribution in [3.8, 4) is 0 Å². The van der Waals surface area contributed by atoms with Crippen molar-refractivity contribution in [2.45, 2.75) is 19.3 Å². The minimum absolute atomic E-state index is 0.142. The topological polar surface area (TPSA) is 12.0 Å². The van der Waals surface area contributed by atoms with E-state index >= 15 is 0 Å². The van der Waals surface area contributed by atoms with E-state index in [0.29, 0.717) is 6.42 Å². The van der Waals surface area contributed by atoms with Crippen molar-refractivity contribution in [2.24, 2.45) is 0 Å². The van der Waals surface area contributed by atoms with Gasteiger partial charge in [0.15, 0.2) is 0 Å². The fourth-order valence-electron chi connectivity index (χ4n) is 2.61. The third kappa shape index (κ3) is 2.66. The van der Waals surface area contributed by atoms with Crippen LogP contribution in [0.15, 0.2) is 40.9 Å². The second-order valence-corrected chi connectivity index (χ2v) is 5.81. The Labute approximate surface area is 121 Å². The zero-order chi connectivity index (χ0) is 13.2. The molecule has 3 heteroatoms. The summed E-state index contributed by atoms with van der Waals surface area (Å²) in [4.78, 5) is 0. The first-order valence-electron chi connectivity index (χ1n) is 6.52. The fourth-order valence-corrected chi connectivity index (χ4v) is 3.02. The van der Waals surface area contributed by atoms with Gasteiger partial charge in [0.05, 0.1) is 0 Å². The van der Waals surface area contributed by atoms with Gasteiger partial charge in [0.1, 0.15) is 5.82 Å². The predicted octanol–water partition coefficient (Wildman–Crippen LogP) is 4.54. The molecule has 0 amide bonds. The van der Waals surface area contributed by atoms with Crippen LogP contribution in [0.1, 0.15) is 23.1 Å². The van der Waals surface area contributed by atoms with Crippen molar-refractivity contribution in [3.05, 3.63) is 63.4 Å². The molecule has 0 saturated carbocycles. The van der Waals surface area contributed by atoms with Crippen LogP contribution in [0.25, 0.3) is 0 Å². The first kappa shape index (κ1) is 12.7. The molecule has 1 nitrogen and oxygen atoms in total. The summed E-state index contributed by atoms with van der Waals surface area (Å²) >= 11 is 3.40. The van der Waals surface area contributed by atoms with Crippen LogP contribution < -0.4 is 5.32 Å². The van der Waals surface area contributed by atoms with E-state index in [1.807, 2.05) is 6.07 Å². The molecular formula is C16H15BrFN. The van der Waals surface area contributed by atoms with Gasteiger partial charge in [-0.3, -0.25) is 0 Å². The van der Waals surface area contributed by atoms with Crippen molar-refractivity contribution in [3.63, 3.8) is 0 Å². The molecule has 0 saturated heterocycles. The van der Waals surface area contributed by atoms with E-state index in [9.17, 15) is 4.39 Å². The van der Waals surface area contributed by atoms with Crippen molar-refractivity contribution >= 4 is 21.6 Å². The molecule has 1 heterocycles. The van der Waals surface area contributed by atoms with Crippen molar-refractivity contribution < 1.29 is 4.39 Å². The summed E-state index contributed by atoms with van der Waals surface area (Å²) in [5.41, 5.74) is 4.46. The van der Waals surface area contributed by atoms with Gasteiger partial charge in [0.2, 0.25) is 0 Å². The highest BCUT2D eigenvalue weighted by Crippen LogP contribution is 2.29. The lowest BCUT2D eigenvalue weighted by atomic mass is 9.95. The summed E-state index contributed by atoms with van der Waals surface area (Å²) in [5, 5.41) is 3.45. The van der Waals surface area contributed by atoms with E-state index in [0.717, 1.165) is 23.0 Å². The fraction of sp³-hybridized carbons (Fsp3) is 0.250. The van der Waals surface area contributed by atoms with Crippen LogP contribution >= 0.6 is 15.9 Å². The first-order chi connectivity index (χ1) is 9.24. The quantitative estimate of drug-likeness (QED) is 0.857. The molecular weight excluding hydrogens is 305 g/mol. The summed E-state index contributed by atoms with van der Waals surface area (Å²) < 4.78 is 14.8. The van der Waals surface area contributed by atoms with Gasteiger partial charge in [-0.2, -0.15) is 0 Å². The van der Waals surface area contributed by atoms with Gasteiger partial charge in [-0.05, 0) is 47.7 Å². The highest BCUT2D eigenvalue weighted by atomic mass is 79.9. The number of hydrogen-bond acceptors (Lipinski definition) is 1. The van der Waals surface area contributed by atoms with Gasteiger partial charge in [-0.25, -0.2) is 4.39 Å². The third-order valence-corrected chi connectivity index (χ3v) is 4.04. The zero-order valence-electron chi connectivity index (χ0n) is 10.5. The molecule has 0 radical (unpaired) electrons. The lowest BCUT2D eigenvalue weighted by molar-refractivity contribution is 0.613. The monoisotopic (exact) mass is 319 g/mol. The summed E-state index contributed by atoms with van der Waals surface area (Å²) in [6.07, 6.45) is 2.90. The molecule has 2 aromatic carbocycles. The Bertz CT molecular complexity index is 610. The van der Waals surface area contributed by atoms with Crippen LogP contribution in [-0.2, 0) is 12.8 Å². The average Bonchev–Trinajstić information content (AvgIpc) is 2.43. The van der Waals surface area contributed by atoms with Crippen molar-refractivity contribution in [2.75, 3.05) is 11.9 Å². The van der Waals surface area contributed by atoms with Crippen molar-refractivity contribution in [1.29, 1.82) is 0 Å². The van der Waals surface area contributed by atoms with Crippen LogP contribution in [0.2, 0.25) is 0 Å². The van der Waals surface area contributed by atoms with E-state index in [4.69, 9.17) is 0 Å². The molecule has 0 bridgehead atoms. The minimum atomic E-state index is -0.142. The van der Waals surface area contributed by atoms with Crippen molar-refractivity contribution in [1.82, 2.24) is 0 Å². The standard InChI is InChI=1S/C16H15BrFN/c17-14-6-7-15(18)13(10-14)9-12-4-1-3-11-5-2-8-19-16(11)12/h1,3-4,6-7,10,19H,2,5,8-9H2. The number of aryl methyl sites for hydroxylation is 1. The maximum atomic E-state index is 13.8. The number of fused-ring (bicyclic) bond motifs is 1. The van der Waals surface area contributed by atoms with Gasteiger partial charge in [0, 0.05) is 23.1 Å². The van der Waals surface area contributed by atoms with Gasteiger partial charge in [0.25, 0.3) is 0 Å². The number of para-hydroxylation sites is 1. The normalized spacial score (nSPS) is 13.8. The molecule has 1 aliphatic rings. The molecule has 0 aliphatic carbocycles. The summed E-state index contributed by atoms with van der Waals surface area (Å²) in [7, 11) is 0. The van der Waals surface area contributed by atoms with E-state index in [-0.39, 0.29) is 5.82 Å². The van der Waals surface area contributed by atoms with Crippen LogP contribution in [0, 0.1) is 5.82 Å². The van der Waals surface area contributed by atoms with Gasteiger partial charge >= 0.3 is 0 Å². The number of rotatable bonds is 2. The van der Waals surface area contributed by atoms with E-state index in [1.54, 1.807) is 6.07 Å². The summed E-state index contributed by atoms with van der Waals surface area (Å²) in [5.74, 6) is -0.142. The van der Waals surface area contributed by atoms with Crippen LogP contribution in [0.5, 0.6) is 0 Å². The largest absolute Gasteiger partial charge is 0.385 e. The lowest BCUT2D eigenvalue weighted by Crippen LogP contribution is -2.14. The van der Waals surface area contributed by atoms with Crippen LogP contribution in [-0.4, -0.2) is 6.54 Å². The van der Waals surface area contributed by atoms with Crippen LogP contribution in [0.4, 0.5) is 10.1 Å². The van der Waals surface area contributed by atoms with Gasteiger partial charge in [-0.15, -0.1) is 0 Å². The molecule has 0 spiro atoms. The molecule has 0 unspecified atom stereocenters. The molecule has 2 aromatic rings. The Kier molecular flexibility index (Phi) is 3.56. The first-order valence-corrected chi connectivity index (χ1v) is 7.32.